The van der Waals surface area contributed by atoms with Gasteiger partial charge in [0.25, 0.3) is 0 Å². The van der Waals surface area contributed by atoms with Crippen LogP contribution in [0, 0.1) is 0 Å². The quantitative estimate of drug-likeness (QED) is 0.134. The smallest absolute Gasteiger partial charge is 0.410 e. The SMILES string of the molecule is CC(C)(C)OC(=O)N1CCC(=C(c2ccccc2)c2nnc(C3CN3C(c3ccccc3)(c3ccccc3)c3ccccc3)o2)CC1. The van der Waals surface area contributed by atoms with Gasteiger partial charge >= 0.3 is 6.09 Å². The fourth-order valence-electron chi connectivity index (χ4n) is 6.85. The van der Waals surface area contributed by atoms with Gasteiger partial charge in [-0.1, -0.05) is 127 Å². The van der Waals surface area contributed by atoms with E-state index in [4.69, 9.17) is 9.15 Å². The van der Waals surface area contributed by atoms with E-state index in [-0.39, 0.29) is 12.1 Å². The normalized spacial score (nSPS) is 18.1. The fraction of sp³-hybridized carbons (Fsp3) is 0.275. The molecule has 0 radical (unpaired) electrons. The highest BCUT2D eigenvalue weighted by molar-refractivity contribution is 5.78. The molecule has 0 bridgehead atoms. The fourth-order valence-corrected chi connectivity index (χ4v) is 6.85. The summed E-state index contributed by atoms with van der Waals surface area (Å²) in [5, 5.41) is 9.33. The third-order valence-corrected chi connectivity index (χ3v) is 8.99. The van der Waals surface area contributed by atoms with E-state index in [1.165, 1.54) is 22.3 Å². The van der Waals surface area contributed by atoms with Crippen LogP contribution in [0.15, 0.2) is 131 Å². The van der Waals surface area contributed by atoms with Gasteiger partial charge in [-0.15, -0.1) is 10.2 Å². The number of rotatable bonds is 7. The molecule has 4 aromatic carbocycles. The summed E-state index contributed by atoms with van der Waals surface area (Å²) in [5.41, 5.74) is 5.67. The van der Waals surface area contributed by atoms with Crippen molar-refractivity contribution < 1.29 is 13.9 Å². The molecule has 7 nitrogen and oxygen atoms in total. The lowest BCUT2D eigenvalue weighted by Gasteiger charge is -2.38. The molecule has 0 aliphatic carbocycles. The topological polar surface area (TPSA) is 71.5 Å². The van der Waals surface area contributed by atoms with Crippen molar-refractivity contribution in [2.24, 2.45) is 0 Å². The van der Waals surface area contributed by atoms with Gasteiger partial charge in [-0.2, -0.15) is 0 Å². The molecule has 238 valence electrons. The average molecular weight is 625 g/mol. The van der Waals surface area contributed by atoms with E-state index in [0.29, 0.717) is 37.7 Å². The van der Waals surface area contributed by atoms with Crippen molar-refractivity contribution in [3.8, 4) is 0 Å². The third kappa shape index (κ3) is 6.11. The summed E-state index contributed by atoms with van der Waals surface area (Å²) in [6.45, 7) is 7.60. The molecule has 47 heavy (non-hydrogen) atoms. The van der Waals surface area contributed by atoms with Crippen LogP contribution >= 0.6 is 0 Å². The van der Waals surface area contributed by atoms with Crippen LogP contribution in [0.25, 0.3) is 5.57 Å². The number of aromatic nitrogens is 2. The maximum Gasteiger partial charge on any atom is 0.410 e. The van der Waals surface area contributed by atoms with Gasteiger partial charge in [0.2, 0.25) is 11.8 Å². The molecule has 2 aliphatic heterocycles. The standard InChI is InChI=1S/C40H40N4O3/c1-39(2,3)47-38(45)43-26-24-30(25-27-43)35(29-16-8-4-9-17-29)37-42-41-36(46-37)34-28-44(34)40(31-18-10-5-11-19-31,32-20-12-6-13-21-32)33-22-14-7-15-23-33/h4-23,34H,24-28H2,1-3H3. The number of ether oxygens (including phenoxy) is 1. The Bertz CT molecular complexity index is 1740. The maximum absolute atomic E-state index is 12.8. The lowest BCUT2D eigenvalue weighted by molar-refractivity contribution is 0.0236. The van der Waals surface area contributed by atoms with Crippen molar-refractivity contribution in [2.45, 2.75) is 50.8 Å². The number of piperidine rings is 1. The zero-order chi connectivity index (χ0) is 32.4. The zero-order valence-electron chi connectivity index (χ0n) is 27.2. The minimum absolute atomic E-state index is 0.0621. The Kier molecular flexibility index (Phi) is 8.24. The Hall–Kier alpha value is -5.01. The molecule has 2 saturated heterocycles. The predicted octanol–water partition coefficient (Wildman–Crippen LogP) is 8.25. The van der Waals surface area contributed by atoms with Crippen molar-refractivity contribution >= 4 is 11.7 Å². The second kappa shape index (κ2) is 12.6. The Morgan fingerprint density at radius 1 is 0.723 bits per heavy atom. The van der Waals surface area contributed by atoms with Crippen molar-refractivity contribution in [2.75, 3.05) is 19.6 Å². The van der Waals surface area contributed by atoms with Gasteiger partial charge in [-0.3, -0.25) is 4.90 Å². The summed E-state index contributed by atoms with van der Waals surface area (Å²) < 4.78 is 12.3. The van der Waals surface area contributed by atoms with Gasteiger partial charge < -0.3 is 14.1 Å². The van der Waals surface area contributed by atoms with Crippen molar-refractivity contribution in [1.82, 2.24) is 20.0 Å². The lowest BCUT2D eigenvalue weighted by atomic mass is 9.76. The van der Waals surface area contributed by atoms with Crippen LogP contribution in [0.1, 0.15) is 73.7 Å². The molecule has 2 aliphatic rings. The van der Waals surface area contributed by atoms with Crippen LogP contribution in [0.4, 0.5) is 4.79 Å². The first-order valence-corrected chi connectivity index (χ1v) is 16.4. The van der Waals surface area contributed by atoms with Crippen LogP contribution < -0.4 is 0 Å². The van der Waals surface area contributed by atoms with Crippen LogP contribution in [-0.2, 0) is 10.3 Å². The van der Waals surface area contributed by atoms with Crippen LogP contribution in [0.2, 0.25) is 0 Å². The molecule has 0 N–H and O–H groups in total. The largest absolute Gasteiger partial charge is 0.444 e. The first-order chi connectivity index (χ1) is 22.8. The van der Waals surface area contributed by atoms with Gasteiger partial charge in [-0.05, 0) is 55.9 Å². The number of amides is 1. The summed E-state index contributed by atoms with van der Waals surface area (Å²) in [4.78, 5) is 17.0. The van der Waals surface area contributed by atoms with E-state index in [1.807, 2.05) is 39.0 Å². The van der Waals surface area contributed by atoms with E-state index in [2.05, 4.69) is 118 Å². The molecule has 0 saturated carbocycles. The van der Waals surface area contributed by atoms with Crippen LogP contribution in [0.3, 0.4) is 0 Å². The Morgan fingerprint density at radius 3 is 1.70 bits per heavy atom. The molecule has 3 heterocycles. The molecule has 1 aromatic heterocycles. The van der Waals surface area contributed by atoms with Crippen molar-refractivity contribution in [1.29, 1.82) is 0 Å². The summed E-state index contributed by atoms with van der Waals surface area (Å²) in [7, 11) is 0. The number of nitrogens with zero attached hydrogens (tertiary/aromatic N) is 4. The first-order valence-electron chi connectivity index (χ1n) is 16.4. The first kappa shape index (κ1) is 30.6. The number of hydrogen-bond acceptors (Lipinski definition) is 6. The van der Waals surface area contributed by atoms with E-state index < -0.39 is 11.1 Å². The number of benzene rings is 4. The second-order valence-corrected chi connectivity index (χ2v) is 13.2. The van der Waals surface area contributed by atoms with Crippen LogP contribution in [-0.4, -0.2) is 51.3 Å². The molecule has 1 amide bonds. The van der Waals surface area contributed by atoms with E-state index in [9.17, 15) is 4.79 Å². The van der Waals surface area contributed by atoms with Gasteiger partial charge in [0.05, 0.1) is 5.54 Å². The molecule has 5 aromatic rings. The highest BCUT2D eigenvalue weighted by Crippen LogP contribution is 2.53. The Balaban J connectivity index is 1.24. The molecule has 2 fully saturated rings. The number of carbonyl (C=O) groups is 1. The highest BCUT2D eigenvalue weighted by Gasteiger charge is 2.55. The summed E-state index contributed by atoms with van der Waals surface area (Å²) in [5.74, 6) is 1.12. The minimum atomic E-state index is -0.543. The molecule has 0 spiro atoms. The predicted molar refractivity (Wildman–Crippen MR) is 182 cm³/mol. The number of hydrogen-bond donors (Lipinski definition) is 0. The van der Waals surface area contributed by atoms with E-state index >= 15 is 0 Å². The Labute approximate surface area is 276 Å². The Morgan fingerprint density at radius 2 is 1.21 bits per heavy atom. The molecule has 2 atom stereocenters. The van der Waals surface area contributed by atoms with E-state index in [0.717, 1.165) is 17.7 Å². The van der Waals surface area contributed by atoms with Gasteiger partial charge in [0.15, 0.2) is 0 Å². The summed E-state index contributed by atoms with van der Waals surface area (Å²) in [6, 6.07) is 42.2. The molecule has 7 rings (SSSR count). The second-order valence-electron chi connectivity index (χ2n) is 13.2. The summed E-state index contributed by atoms with van der Waals surface area (Å²) in [6.07, 6.45) is 1.14. The monoisotopic (exact) mass is 624 g/mol. The maximum atomic E-state index is 12.8. The number of carbonyl (C=O) groups excluding carboxylic acids is 1. The summed E-state index contributed by atoms with van der Waals surface area (Å²) >= 11 is 0. The van der Waals surface area contributed by atoms with Gasteiger partial charge in [0.1, 0.15) is 11.6 Å². The van der Waals surface area contributed by atoms with Crippen LogP contribution in [0.5, 0.6) is 0 Å². The average Bonchev–Trinajstić information content (AvgIpc) is 3.75. The molecular formula is C40H40N4O3. The molecule has 2 unspecified atom stereocenters. The lowest BCUT2D eigenvalue weighted by Crippen LogP contribution is -2.40. The van der Waals surface area contributed by atoms with Gasteiger partial charge in [0, 0.05) is 25.2 Å². The molecule has 7 heteroatoms. The minimum Gasteiger partial charge on any atom is -0.444 e. The van der Waals surface area contributed by atoms with Crippen molar-refractivity contribution in [3.63, 3.8) is 0 Å². The van der Waals surface area contributed by atoms with E-state index in [1.54, 1.807) is 4.90 Å². The van der Waals surface area contributed by atoms with Gasteiger partial charge in [-0.25, -0.2) is 4.79 Å². The number of likely N-dealkylation sites (tertiary alicyclic amines) is 1. The molecular weight excluding hydrogens is 584 g/mol. The zero-order valence-corrected chi connectivity index (χ0v) is 27.2. The van der Waals surface area contributed by atoms with Crippen molar-refractivity contribution in [3.05, 3.63) is 161 Å². The third-order valence-electron chi connectivity index (χ3n) is 8.99. The highest BCUT2D eigenvalue weighted by atomic mass is 16.6.